The van der Waals surface area contributed by atoms with E-state index in [1.165, 1.54) is 24.4 Å². The molecule has 1 N–H and O–H groups in total. The first-order chi connectivity index (χ1) is 15.3. The van der Waals surface area contributed by atoms with Crippen LogP contribution in [0.15, 0.2) is 53.7 Å². The quantitative estimate of drug-likeness (QED) is 0.377. The fraction of sp³-hybridized carbons (Fsp3) is 0.333. The third kappa shape index (κ3) is 5.19. The highest BCUT2D eigenvalue weighted by atomic mass is 32.2. The summed E-state index contributed by atoms with van der Waals surface area (Å²) in [5.41, 5.74) is 3.15. The van der Waals surface area contributed by atoms with Crippen LogP contribution in [0.2, 0.25) is 0 Å². The summed E-state index contributed by atoms with van der Waals surface area (Å²) < 4.78 is 1.89. The van der Waals surface area contributed by atoms with Crippen molar-refractivity contribution < 1.29 is 9.59 Å². The van der Waals surface area contributed by atoms with Gasteiger partial charge in [0.2, 0.25) is 5.91 Å². The Kier molecular flexibility index (Phi) is 7.69. The van der Waals surface area contributed by atoms with Crippen LogP contribution in [0, 0.1) is 0 Å². The molecule has 2 aromatic carbocycles. The number of anilines is 2. The van der Waals surface area contributed by atoms with Gasteiger partial charge in [0.15, 0.2) is 16.8 Å². The average molecular weight is 452 g/mol. The number of hydrogen-bond donors (Lipinski definition) is 1. The molecule has 1 aromatic heterocycles. The van der Waals surface area contributed by atoms with Gasteiger partial charge in [0.05, 0.1) is 10.9 Å². The van der Waals surface area contributed by atoms with Gasteiger partial charge in [-0.3, -0.25) is 9.59 Å². The van der Waals surface area contributed by atoms with Gasteiger partial charge in [-0.2, -0.15) is 0 Å². The Hall–Kier alpha value is -3.13. The van der Waals surface area contributed by atoms with Gasteiger partial charge in [0, 0.05) is 37.0 Å². The standard InChI is InChI=1S/C24H29N5O2S/c1-6-29(7-2)19-14-12-18(13-15-19)22-26-27-24(28(22)5)32-17(4)23(31)25-21-11-9-8-10-20(21)16(3)30/h8-15,17H,6-7H2,1-5H3,(H,25,31). The van der Waals surface area contributed by atoms with E-state index in [1.54, 1.807) is 24.3 Å². The Labute approximate surface area is 193 Å². The van der Waals surface area contributed by atoms with Crippen molar-refractivity contribution in [2.45, 2.75) is 38.1 Å². The van der Waals surface area contributed by atoms with Crippen molar-refractivity contribution in [2.75, 3.05) is 23.3 Å². The maximum absolute atomic E-state index is 12.7. The zero-order valence-corrected chi connectivity index (χ0v) is 19.9. The number of thioether (sulfide) groups is 1. The third-order valence-corrected chi connectivity index (χ3v) is 6.44. The van der Waals surface area contributed by atoms with Crippen LogP contribution in [0.4, 0.5) is 11.4 Å². The number of carbonyl (C=O) groups is 2. The van der Waals surface area contributed by atoms with Crippen molar-refractivity contribution >= 4 is 34.8 Å². The fourth-order valence-electron chi connectivity index (χ4n) is 3.42. The highest BCUT2D eigenvalue weighted by Gasteiger charge is 2.21. The summed E-state index contributed by atoms with van der Waals surface area (Å²) in [4.78, 5) is 26.8. The molecule has 8 heteroatoms. The van der Waals surface area contributed by atoms with E-state index in [2.05, 4.69) is 46.4 Å². The molecule has 1 amide bonds. The number of para-hydroxylation sites is 1. The van der Waals surface area contributed by atoms with E-state index in [-0.39, 0.29) is 11.7 Å². The van der Waals surface area contributed by atoms with Gasteiger partial charge in [0.1, 0.15) is 0 Å². The maximum atomic E-state index is 12.7. The zero-order chi connectivity index (χ0) is 23.3. The summed E-state index contributed by atoms with van der Waals surface area (Å²) >= 11 is 1.33. The van der Waals surface area contributed by atoms with Gasteiger partial charge < -0.3 is 14.8 Å². The molecule has 3 aromatic rings. The molecule has 3 rings (SSSR count). The summed E-state index contributed by atoms with van der Waals surface area (Å²) in [6, 6.07) is 15.3. The van der Waals surface area contributed by atoms with Crippen LogP contribution < -0.4 is 10.2 Å². The van der Waals surface area contributed by atoms with Crippen LogP contribution in [0.5, 0.6) is 0 Å². The summed E-state index contributed by atoms with van der Waals surface area (Å²) in [5.74, 6) is 0.455. The predicted octanol–water partition coefficient (Wildman–Crippen LogP) is 4.65. The molecule has 1 unspecified atom stereocenters. The third-order valence-electron chi connectivity index (χ3n) is 5.30. The Morgan fingerprint density at radius 2 is 1.72 bits per heavy atom. The Morgan fingerprint density at radius 1 is 1.06 bits per heavy atom. The summed E-state index contributed by atoms with van der Waals surface area (Å²) in [5, 5.41) is 11.7. The van der Waals surface area contributed by atoms with Gasteiger partial charge in [-0.1, -0.05) is 23.9 Å². The maximum Gasteiger partial charge on any atom is 0.237 e. The summed E-state index contributed by atoms with van der Waals surface area (Å²) in [6.45, 7) is 9.48. The number of amides is 1. The molecule has 168 valence electrons. The van der Waals surface area contributed by atoms with E-state index in [0.717, 1.165) is 24.5 Å². The second-order valence-electron chi connectivity index (χ2n) is 7.44. The Balaban J connectivity index is 1.71. The van der Waals surface area contributed by atoms with Crippen molar-refractivity contribution in [3.05, 3.63) is 54.1 Å². The van der Waals surface area contributed by atoms with Gasteiger partial charge in [-0.05, 0) is 64.1 Å². The number of Topliss-reactive ketones (excluding diaryl/α,β-unsaturated/α-hetero) is 1. The first-order valence-electron chi connectivity index (χ1n) is 10.7. The number of rotatable bonds is 9. The lowest BCUT2D eigenvalue weighted by Gasteiger charge is -2.21. The van der Waals surface area contributed by atoms with Crippen molar-refractivity contribution in [3.8, 4) is 11.4 Å². The molecule has 1 atom stereocenters. The molecule has 0 saturated carbocycles. The largest absolute Gasteiger partial charge is 0.372 e. The molecule has 0 radical (unpaired) electrons. The minimum atomic E-state index is -0.421. The van der Waals surface area contributed by atoms with Gasteiger partial charge >= 0.3 is 0 Å². The minimum absolute atomic E-state index is 0.0915. The molecule has 0 bridgehead atoms. The van der Waals surface area contributed by atoms with Crippen molar-refractivity contribution in [2.24, 2.45) is 7.05 Å². The normalized spacial score (nSPS) is 11.8. The van der Waals surface area contributed by atoms with Crippen LogP contribution in [-0.4, -0.2) is 44.8 Å². The molecule has 0 aliphatic heterocycles. The van der Waals surface area contributed by atoms with Crippen LogP contribution in [0.1, 0.15) is 38.1 Å². The number of nitrogens with one attached hydrogen (secondary N) is 1. The minimum Gasteiger partial charge on any atom is -0.372 e. The lowest BCUT2D eigenvalue weighted by Crippen LogP contribution is -2.23. The van der Waals surface area contributed by atoms with E-state index in [9.17, 15) is 9.59 Å². The smallest absolute Gasteiger partial charge is 0.237 e. The SMILES string of the molecule is CCN(CC)c1ccc(-c2nnc(SC(C)C(=O)Nc3ccccc3C(C)=O)n2C)cc1. The lowest BCUT2D eigenvalue weighted by molar-refractivity contribution is -0.115. The molecule has 0 aliphatic rings. The van der Waals surface area contributed by atoms with Gasteiger partial charge in [0.25, 0.3) is 0 Å². The van der Waals surface area contributed by atoms with Crippen LogP contribution in [0.3, 0.4) is 0 Å². The topological polar surface area (TPSA) is 80.1 Å². The molecule has 0 spiro atoms. The molecule has 0 fully saturated rings. The number of ketones is 1. The highest BCUT2D eigenvalue weighted by Crippen LogP contribution is 2.28. The van der Waals surface area contributed by atoms with Gasteiger partial charge in [-0.15, -0.1) is 10.2 Å². The summed E-state index contributed by atoms with van der Waals surface area (Å²) in [7, 11) is 1.89. The second kappa shape index (κ2) is 10.5. The van der Waals surface area contributed by atoms with Crippen LogP contribution >= 0.6 is 11.8 Å². The van der Waals surface area contributed by atoms with Crippen LogP contribution in [0.25, 0.3) is 11.4 Å². The van der Waals surface area contributed by atoms with E-state index >= 15 is 0 Å². The monoisotopic (exact) mass is 451 g/mol. The van der Waals surface area contributed by atoms with E-state index < -0.39 is 5.25 Å². The number of carbonyl (C=O) groups excluding carboxylic acids is 2. The Bertz CT molecular complexity index is 1090. The molecule has 1 heterocycles. The van der Waals surface area contributed by atoms with E-state index in [1.807, 2.05) is 30.7 Å². The number of aromatic nitrogens is 3. The molecular formula is C24H29N5O2S. The van der Waals surface area contributed by atoms with Crippen molar-refractivity contribution in [1.82, 2.24) is 14.8 Å². The average Bonchev–Trinajstić information content (AvgIpc) is 3.15. The molecule has 0 saturated heterocycles. The van der Waals surface area contributed by atoms with Crippen LogP contribution in [-0.2, 0) is 11.8 Å². The first-order valence-corrected chi connectivity index (χ1v) is 11.6. The molecule has 0 aliphatic carbocycles. The fourth-order valence-corrected chi connectivity index (χ4v) is 4.24. The summed E-state index contributed by atoms with van der Waals surface area (Å²) in [6.07, 6.45) is 0. The number of nitrogens with zero attached hydrogens (tertiary/aromatic N) is 4. The van der Waals surface area contributed by atoms with E-state index in [4.69, 9.17) is 0 Å². The zero-order valence-electron chi connectivity index (χ0n) is 19.1. The number of benzene rings is 2. The lowest BCUT2D eigenvalue weighted by atomic mass is 10.1. The van der Waals surface area contributed by atoms with Crippen molar-refractivity contribution in [3.63, 3.8) is 0 Å². The predicted molar refractivity (Wildman–Crippen MR) is 130 cm³/mol. The van der Waals surface area contributed by atoms with Crippen molar-refractivity contribution in [1.29, 1.82) is 0 Å². The first kappa shape index (κ1) is 23.5. The number of hydrogen-bond acceptors (Lipinski definition) is 6. The van der Waals surface area contributed by atoms with E-state index in [0.29, 0.717) is 16.4 Å². The van der Waals surface area contributed by atoms with Gasteiger partial charge in [-0.25, -0.2) is 0 Å². The molecule has 7 nitrogen and oxygen atoms in total. The Morgan fingerprint density at radius 3 is 2.34 bits per heavy atom. The highest BCUT2D eigenvalue weighted by molar-refractivity contribution is 8.00. The molecule has 32 heavy (non-hydrogen) atoms. The second-order valence-corrected chi connectivity index (χ2v) is 8.74. The molecular weight excluding hydrogens is 422 g/mol.